The number of unbranched alkanes of at least 4 members (excludes halogenated alkanes) is 7. The van der Waals surface area contributed by atoms with Gasteiger partial charge in [-0.05, 0) is 12.8 Å². The van der Waals surface area contributed by atoms with Gasteiger partial charge in [-0.3, -0.25) is 4.79 Å². The van der Waals surface area contributed by atoms with Crippen molar-refractivity contribution in [1.82, 2.24) is 0 Å². The molecular formula is C15H31NO2. The Morgan fingerprint density at radius 2 is 1.56 bits per heavy atom. The van der Waals surface area contributed by atoms with Crippen molar-refractivity contribution < 1.29 is 9.53 Å². The van der Waals surface area contributed by atoms with Gasteiger partial charge in [0.1, 0.15) is 6.61 Å². The monoisotopic (exact) mass is 257 g/mol. The highest BCUT2D eigenvalue weighted by atomic mass is 16.5. The van der Waals surface area contributed by atoms with Crippen LogP contribution in [0.3, 0.4) is 0 Å². The van der Waals surface area contributed by atoms with Crippen LogP contribution < -0.4 is 5.73 Å². The first-order valence-electron chi connectivity index (χ1n) is 7.61. The second-order valence-corrected chi connectivity index (χ2v) is 5.08. The van der Waals surface area contributed by atoms with Crippen molar-refractivity contribution in [2.75, 3.05) is 6.61 Å². The van der Waals surface area contributed by atoms with Gasteiger partial charge in [0.2, 0.25) is 0 Å². The van der Waals surface area contributed by atoms with Gasteiger partial charge in [-0.25, -0.2) is 0 Å². The Balaban J connectivity index is 3.20. The Morgan fingerprint density at radius 3 is 2.11 bits per heavy atom. The number of carbonyl (C=O) groups is 1. The normalized spacial score (nSPS) is 12.4. The summed E-state index contributed by atoms with van der Waals surface area (Å²) in [5.41, 5.74) is 5.68. The Labute approximate surface area is 112 Å². The fourth-order valence-electron chi connectivity index (χ4n) is 1.79. The van der Waals surface area contributed by atoms with Crippen LogP contribution in [0.25, 0.3) is 0 Å². The fraction of sp³-hybridized carbons (Fsp3) is 0.933. The van der Waals surface area contributed by atoms with Crippen LogP contribution in [-0.2, 0) is 9.53 Å². The molecule has 0 fully saturated rings. The maximum Gasteiger partial charge on any atom is 0.305 e. The summed E-state index contributed by atoms with van der Waals surface area (Å²) in [5, 5.41) is 0. The van der Waals surface area contributed by atoms with E-state index < -0.39 is 0 Å². The molecule has 0 heterocycles. The Hall–Kier alpha value is -0.570. The summed E-state index contributed by atoms with van der Waals surface area (Å²) in [6.45, 7) is 4.60. The average molecular weight is 257 g/mol. The Morgan fingerprint density at radius 1 is 1.00 bits per heavy atom. The van der Waals surface area contributed by atoms with E-state index in [1.54, 1.807) is 0 Å². The zero-order valence-electron chi connectivity index (χ0n) is 12.2. The molecule has 1 unspecified atom stereocenters. The van der Waals surface area contributed by atoms with Gasteiger partial charge in [-0.1, -0.05) is 58.8 Å². The van der Waals surface area contributed by atoms with Crippen LogP contribution in [0.4, 0.5) is 0 Å². The first-order valence-corrected chi connectivity index (χ1v) is 7.61. The van der Waals surface area contributed by atoms with Gasteiger partial charge in [-0.15, -0.1) is 0 Å². The number of ether oxygens (including phenoxy) is 1. The summed E-state index contributed by atoms with van der Waals surface area (Å²) < 4.78 is 5.09. The van der Waals surface area contributed by atoms with E-state index in [2.05, 4.69) is 6.92 Å². The molecule has 1 atom stereocenters. The lowest BCUT2D eigenvalue weighted by Crippen LogP contribution is -2.26. The fourth-order valence-corrected chi connectivity index (χ4v) is 1.79. The molecule has 2 N–H and O–H groups in total. The second-order valence-electron chi connectivity index (χ2n) is 5.08. The highest BCUT2D eigenvalue weighted by Crippen LogP contribution is 2.09. The van der Waals surface area contributed by atoms with E-state index in [-0.39, 0.29) is 12.0 Å². The van der Waals surface area contributed by atoms with Crippen molar-refractivity contribution in [2.45, 2.75) is 84.1 Å². The lowest BCUT2D eigenvalue weighted by atomic mass is 10.1. The minimum absolute atomic E-state index is 0.00693. The van der Waals surface area contributed by atoms with Crippen LogP contribution in [0.2, 0.25) is 0 Å². The molecule has 0 aromatic heterocycles. The smallest absolute Gasteiger partial charge is 0.305 e. The molecule has 0 spiro atoms. The first-order chi connectivity index (χ1) is 8.70. The molecular weight excluding hydrogens is 226 g/mol. The molecule has 0 aliphatic heterocycles. The van der Waals surface area contributed by atoms with Crippen molar-refractivity contribution in [3.63, 3.8) is 0 Å². The average Bonchev–Trinajstić information content (AvgIpc) is 2.39. The molecule has 0 aliphatic carbocycles. The molecule has 0 aliphatic rings. The first kappa shape index (κ1) is 17.4. The maximum absolute atomic E-state index is 11.4. The van der Waals surface area contributed by atoms with E-state index in [1.165, 1.54) is 38.5 Å². The Bertz CT molecular complexity index is 195. The highest BCUT2D eigenvalue weighted by molar-refractivity contribution is 5.69. The lowest BCUT2D eigenvalue weighted by Gasteiger charge is -2.09. The van der Waals surface area contributed by atoms with Gasteiger partial charge < -0.3 is 10.5 Å². The van der Waals surface area contributed by atoms with Crippen molar-refractivity contribution in [3.05, 3.63) is 0 Å². The summed E-state index contributed by atoms with van der Waals surface area (Å²) in [6.07, 6.45) is 11.4. The van der Waals surface area contributed by atoms with E-state index in [0.29, 0.717) is 13.0 Å². The third-order valence-electron chi connectivity index (χ3n) is 3.22. The number of esters is 1. The number of nitrogens with two attached hydrogens (primary N) is 1. The van der Waals surface area contributed by atoms with E-state index in [9.17, 15) is 4.79 Å². The molecule has 0 amide bonds. The van der Waals surface area contributed by atoms with Crippen LogP contribution in [0.5, 0.6) is 0 Å². The van der Waals surface area contributed by atoms with Gasteiger partial charge in [0.05, 0.1) is 0 Å². The predicted molar refractivity (Wildman–Crippen MR) is 76.5 cm³/mol. The molecule has 0 saturated heterocycles. The van der Waals surface area contributed by atoms with E-state index in [0.717, 1.165) is 19.3 Å². The highest BCUT2D eigenvalue weighted by Gasteiger charge is 2.05. The van der Waals surface area contributed by atoms with Crippen LogP contribution in [-0.4, -0.2) is 18.6 Å². The van der Waals surface area contributed by atoms with Gasteiger partial charge in [0, 0.05) is 12.5 Å². The van der Waals surface area contributed by atoms with Crippen LogP contribution in [0.1, 0.15) is 78.1 Å². The minimum Gasteiger partial charge on any atom is -0.464 e. The van der Waals surface area contributed by atoms with E-state index in [4.69, 9.17) is 10.5 Å². The van der Waals surface area contributed by atoms with Crippen molar-refractivity contribution in [3.8, 4) is 0 Å². The van der Waals surface area contributed by atoms with E-state index in [1.807, 2.05) is 6.92 Å². The lowest BCUT2D eigenvalue weighted by molar-refractivity contribution is -0.144. The molecule has 3 heteroatoms. The summed E-state index contributed by atoms with van der Waals surface area (Å²) in [6, 6.07) is -0.00693. The van der Waals surface area contributed by atoms with Crippen molar-refractivity contribution in [2.24, 2.45) is 5.73 Å². The van der Waals surface area contributed by atoms with Gasteiger partial charge in [0.15, 0.2) is 0 Å². The van der Waals surface area contributed by atoms with Crippen molar-refractivity contribution in [1.29, 1.82) is 0 Å². The standard InChI is InChI=1S/C15H31NO2/c1-3-5-6-7-8-9-10-11-12-15(17)18-13-14(16)4-2/h14H,3-13,16H2,1-2H3. The van der Waals surface area contributed by atoms with Crippen LogP contribution in [0, 0.1) is 0 Å². The number of hydrogen-bond acceptors (Lipinski definition) is 3. The molecule has 0 aromatic rings. The number of rotatable bonds is 12. The maximum atomic E-state index is 11.4. The predicted octanol–water partition coefficient (Wildman–Crippen LogP) is 3.80. The van der Waals surface area contributed by atoms with Gasteiger partial charge >= 0.3 is 5.97 Å². The third-order valence-corrected chi connectivity index (χ3v) is 3.22. The minimum atomic E-state index is -0.0927. The molecule has 3 nitrogen and oxygen atoms in total. The molecule has 18 heavy (non-hydrogen) atoms. The zero-order chi connectivity index (χ0) is 13.6. The zero-order valence-corrected chi connectivity index (χ0v) is 12.2. The quantitative estimate of drug-likeness (QED) is 0.427. The van der Waals surface area contributed by atoms with E-state index >= 15 is 0 Å². The second kappa shape index (κ2) is 12.9. The summed E-state index contributed by atoms with van der Waals surface area (Å²) in [7, 11) is 0. The van der Waals surface area contributed by atoms with Gasteiger partial charge in [0.25, 0.3) is 0 Å². The summed E-state index contributed by atoms with van der Waals surface area (Å²) in [5.74, 6) is -0.0927. The molecule has 0 radical (unpaired) electrons. The van der Waals surface area contributed by atoms with Gasteiger partial charge in [-0.2, -0.15) is 0 Å². The van der Waals surface area contributed by atoms with Crippen molar-refractivity contribution >= 4 is 5.97 Å². The summed E-state index contributed by atoms with van der Waals surface area (Å²) in [4.78, 5) is 11.4. The molecule has 0 rings (SSSR count). The largest absolute Gasteiger partial charge is 0.464 e. The summed E-state index contributed by atoms with van der Waals surface area (Å²) >= 11 is 0. The number of hydrogen-bond donors (Lipinski definition) is 1. The topological polar surface area (TPSA) is 52.3 Å². The van der Waals surface area contributed by atoms with Crippen LogP contribution >= 0.6 is 0 Å². The SMILES string of the molecule is CCCCCCCCCCC(=O)OCC(N)CC. The Kier molecular flexibility index (Phi) is 12.5. The number of carbonyl (C=O) groups excluding carboxylic acids is 1. The third kappa shape index (κ3) is 11.9. The molecule has 0 bridgehead atoms. The molecule has 108 valence electrons. The molecule has 0 saturated carbocycles. The molecule has 0 aromatic carbocycles. The van der Waals surface area contributed by atoms with Crippen LogP contribution in [0.15, 0.2) is 0 Å².